The van der Waals surface area contributed by atoms with E-state index in [9.17, 15) is 10.1 Å². The molecule has 8 nitrogen and oxygen atoms in total. The Hall–Kier alpha value is -2.68. The van der Waals surface area contributed by atoms with E-state index < -0.39 is 0 Å². The van der Waals surface area contributed by atoms with Crippen molar-refractivity contribution < 1.29 is 4.92 Å². The van der Waals surface area contributed by atoms with Crippen LogP contribution in [-0.4, -0.2) is 36.2 Å². The summed E-state index contributed by atoms with van der Waals surface area (Å²) in [7, 11) is 1.94. The van der Waals surface area contributed by atoms with Crippen LogP contribution in [0.25, 0.3) is 10.5 Å². The maximum absolute atomic E-state index is 11.7. The molecule has 3 aromatic rings. The monoisotopic (exact) mass is 356 g/mol. The first-order chi connectivity index (χ1) is 12.1. The minimum Gasteiger partial charge on any atom is -0.358 e. The van der Waals surface area contributed by atoms with E-state index in [1.165, 1.54) is 16.9 Å². The van der Waals surface area contributed by atoms with E-state index in [4.69, 9.17) is 0 Å². The molecule has 2 aliphatic heterocycles. The summed E-state index contributed by atoms with van der Waals surface area (Å²) < 4.78 is 3.47. The smallest absolute Gasteiger partial charge is 0.358 e. The number of rotatable bonds is 3. The van der Waals surface area contributed by atoms with E-state index in [1.807, 2.05) is 23.2 Å². The molecule has 2 bridgehead atoms. The molecule has 2 atom stereocenters. The van der Waals surface area contributed by atoms with Gasteiger partial charge in [-0.25, -0.2) is 0 Å². The Morgan fingerprint density at radius 2 is 2.28 bits per heavy atom. The Kier molecular flexibility index (Phi) is 3.02. The number of nitro groups is 1. The topological polar surface area (TPSA) is 81.5 Å². The Balaban J connectivity index is 1.60. The summed E-state index contributed by atoms with van der Waals surface area (Å²) in [6.45, 7) is 0. The van der Waals surface area contributed by atoms with Crippen molar-refractivity contribution >= 4 is 33.5 Å². The SMILES string of the molecule is Cn1nccc1C1=C[C@H]2CC[C@@H](C1)N2c1nc2sccn2c1[N+](=O)[O-]. The second-order valence-electron chi connectivity index (χ2n) is 6.51. The number of aryl methyl sites for hydroxylation is 1. The van der Waals surface area contributed by atoms with Crippen LogP contribution in [0.1, 0.15) is 25.0 Å². The molecule has 2 aliphatic rings. The summed E-state index contributed by atoms with van der Waals surface area (Å²) in [4.78, 5) is 18.7. The van der Waals surface area contributed by atoms with Crippen LogP contribution < -0.4 is 4.90 Å². The highest BCUT2D eigenvalue weighted by Gasteiger charge is 2.42. The largest absolute Gasteiger partial charge is 0.373 e. The lowest BCUT2D eigenvalue weighted by molar-refractivity contribution is -0.389. The standard InChI is InChI=1S/C16H16N6O2S/c1-19-13(4-5-17-19)10-8-11-2-3-12(9-10)21(11)14-15(22(23)24)20-6-7-25-16(20)18-14/h4-8,11-12H,2-3,9H2,1H3/t11-,12+/m1/s1. The highest BCUT2D eigenvalue weighted by atomic mass is 32.1. The molecule has 0 unspecified atom stereocenters. The van der Waals surface area contributed by atoms with Gasteiger partial charge in [-0.3, -0.25) is 4.68 Å². The van der Waals surface area contributed by atoms with Gasteiger partial charge >= 0.3 is 5.82 Å². The van der Waals surface area contributed by atoms with Crippen LogP contribution >= 0.6 is 11.3 Å². The zero-order valence-electron chi connectivity index (χ0n) is 13.6. The molecular weight excluding hydrogens is 340 g/mol. The van der Waals surface area contributed by atoms with Crippen molar-refractivity contribution in [2.24, 2.45) is 7.05 Å². The van der Waals surface area contributed by atoms with E-state index in [-0.39, 0.29) is 22.8 Å². The van der Waals surface area contributed by atoms with Crippen LogP contribution in [0.2, 0.25) is 0 Å². The number of imidazole rings is 1. The fraction of sp³-hybridized carbons (Fsp3) is 0.375. The van der Waals surface area contributed by atoms with Crippen molar-refractivity contribution in [2.45, 2.75) is 31.3 Å². The van der Waals surface area contributed by atoms with Crippen LogP contribution in [0, 0.1) is 10.1 Å². The Bertz CT molecular complexity index is 1020. The molecule has 3 aromatic heterocycles. The van der Waals surface area contributed by atoms with Gasteiger partial charge in [0, 0.05) is 24.7 Å². The Morgan fingerprint density at radius 3 is 3.00 bits per heavy atom. The average Bonchev–Trinajstić information content (AvgIpc) is 3.29. The summed E-state index contributed by atoms with van der Waals surface area (Å²) in [5.41, 5.74) is 2.39. The fourth-order valence-corrected chi connectivity index (χ4v) is 4.85. The maximum Gasteiger partial charge on any atom is 0.373 e. The van der Waals surface area contributed by atoms with Gasteiger partial charge in [0.1, 0.15) is 6.20 Å². The maximum atomic E-state index is 11.7. The summed E-state index contributed by atoms with van der Waals surface area (Å²) in [5.74, 6) is 0.579. The van der Waals surface area contributed by atoms with Gasteiger partial charge in [-0.2, -0.15) is 14.5 Å². The van der Waals surface area contributed by atoms with Crippen LogP contribution in [0.15, 0.2) is 29.9 Å². The first-order valence-electron chi connectivity index (χ1n) is 8.21. The van der Waals surface area contributed by atoms with Crippen molar-refractivity contribution in [3.63, 3.8) is 0 Å². The van der Waals surface area contributed by atoms with Crippen molar-refractivity contribution in [1.29, 1.82) is 0 Å². The molecule has 128 valence electrons. The van der Waals surface area contributed by atoms with Gasteiger partial charge in [0.2, 0.25) is 5.82 Å². The van der Waals surface area contributed by atoms with Crippen molar-refractivity contribution in [2.75, 3.05) is 4.90 Å². The first kappa shape index (κ1) is 14.6. The molecule has 1 saturated heterocycles. The quantitative estimate of drug-likeness (QED) is 0.532. The lowest BCUT2D eigenvalue weighted by atomic mass is 9.98. The molecule has 0 aliphatic carbocycles. The third-order valence-electron chi connectivity index (χ3n) is 5.18. The normalized spacial score (nSPS) is 22.6. The summed E-state index contributed by atoms with van der Waals surface area (Å²) in [5, 5.41) is 17.7. The zero-order chi connectivity index (χ0) is 17.1. The molecule has 0 aromatic carbocycles. The van der Waals surface area contributed by atoms with Gasteiger partial charge in [0.15, 0.2) is 0 Å². The average molecular weight is 356 g/mol. The molecule has 1 fully saturated rings. The molecule has 5 heterocycles. The lowest BCUT2D eigenvalue weighted by Crippen LogP contribution is -2.39. The highest BCUT2D eigenvalue weighted by Crippen LogP contribution is 2.44. The molecule has 25 heavy (non-hydrogen) atoms. The number of fused-ring (bicyclic) bond motifs is 3. The van der Waals surface area contributed by atoms with E-state index in [1.54, 1.807) is 16.8 Å². The molecule has 0 spiro atoms. The number of nitrogens with zero attached hydrogens (tertiary/aromatic N) is 6. The predicted octanol–water partition coefficient (Wildman–Crippen LogP) is 2.86. The van der Waals surface area contributed by atoms with E-state index in [2.05, 4.69) is 21.1 Å². The van der Waals surface area contributed by atoms with Crippen molar-refractivity contribution in [3.8, 4) is 0 Å². The number of hydrogen-bond acceptors (Lipinski definition) is 6. The minimum atomic E-state index is -0.318. The minimum absolute atomic E-state index is 0.0746. The highest BCUT2D eigenvalue weighted by molar-refractivity contribution is 7.15. The molecule has 0 saturated carbocycles. The number of anilines is 1. The van der Waals surface area contributed by atoms with Crippen molar-refractivity contribution in [3.05, 3.63) is 45.7 Å². The number of aromatic nitrogens is 4. The zero-order valence-corrected chi connectivity index (χ0v) is 14.4. The van der Waals surface area contributed by atoms with Crippen LogP contribution in [-0.2, 0) is 7.05 Å². The molecular formula is C16H16N6O2S. The van der Waals surface area contributed by atoms with Gasteiger partial charge in [0.25, 0.3) is 4.96 Å². The van der Waals surface area contributed by atoms with E-state index in [0.717, 1.165) is 25.0 Å². The van der Waals surface area contributed by atoms with E-state index >= 15 is 0 Å². The van der Waals surface area contributed by atoms with Gasteiger partial charge < -0.3 is 15.0 Å². The third-order valence-corrected chi connectivity index (χ3v) is 5.94. The van der Waals surface area contributed by atoms with E-state index in [0.29, 0.717) is 10.8 Å². The molecule has 0 N–H and O–H groups in total. The molecule has 0 radical (unpaired) electrons. The van der Waals surface area contributed by atoms with Crippen LogP contribution in [0.5, 0.6) is 0 Å². The molecule has 5 rings (SSSR count). The Labute approximate surface area is 147 Å². The fourth-order valence-electron chi connectivity index (χ4n) is 4.14. The van der Waals surface area contributed by atoms with Gasteiger partial charge in [-0.05, 0) is 35.8 Å². The Morgan fingerprint density at radius 1 is 1.40 bits per heavy atom. The third kappa shape index (κ3) is 2.05. The summed E-state index contributed by atoms with van der Waals surface area (Å²) in [6, 6.07) is 2.41. The molecule has 0 amide bonds. The van der Waals surface area contributed by atoms with Gasteiger partial charge in [-0.1, -0.05) is 17.4 Å². The van der Waals surface area contributed by atoms with Crippen LogP contribution in [0.4, 0.5) is 11.6 Å². The number of hydrogen-bond donors (Lipinski definition) is 0. The van der Waals surface area contributed by atoms with Gasteiger partial charge in [-0.15, -0.1) is 0 Å². The van der Waals surface area contributed by atoms with Crippen LogP contribution in [0.3, 0.4) is 0 Å². The first-order valence-corrected chi connectivity index (χ1v) is 9.09. The summed E-state index contributed by atoms with van der Waals surface area (Å²) in [6.07, 6.45) is 8.63. The van der Waals surface area contributed by atoms with Crippen molar-refractivity contribution in [1.82, 2.24) is 19.2 Å². The lowest BCUT2D eigenvalue weighted by Gasteiger charge is -2.33. The second-order valence-corrected chi connectivity index (χ2v) is 7.39. The van der Waals surface area contributed by atoms with Gasteiger partial charge in [0.05, 0.1) is 11.7 Å². The predicted molar refractivity (Wildman–Crippen MR) is 94.8 cm³/mol. The number of thiazole rings is 1. The molecule has 9 heteroatoms. The summed E-state index contributed by atoms with van der Waals surface area (Å²) >= 11 is 1.42. The second kappa shape index (κ2) is 5.16.